The first-order valence-electron chi connectivity index (χ1n) is 4.06. The molecule has 0 unspecified atom stereocenters. The largest absolute Gasteiger partial charge is 0.491 e. The molecule has 0 aliphatic heterocycles. The molecule has 1 aromatic rings. The van der Waals surface area contributed by atoms with Crippen LogP contribution in [0.25, 0.3) is 0 Å². The first kappa shape index (κ1) is 10.4. The van der Waals surface area contributed by atoms with Gasteiger partial charge in [-0.05, 0) is 37.6 Å². The molecule has 0 aromatic heterocycles. The average Bonchev–Trinajstić information content (AvgIpc) is 2.01. The highest BCUT2D eigenvalue weighted by atomic mass is 35.5. The molecular formula is C10H12ClO2. The SMILES string of the molecule is CC(C)Oc1cc(Cl)cc([CH]O)c1. The molecular weight excluding hydrogens is 188 g/mol. The summed E-state index contributed by atoms with van der Waals surface area (Å²) >= 11 is 5.80. The first-order chi connectivity index (χ1) is 6.11. The third kappa shape index (κ3) is 3.25. The number of halogens is 1. The van der Waals surface area contributed by atoms with Crippen molar-refractivity contribution >= 4 is 11.6 Å². The van der Waals surface area contributed by atoms with E-state index >= 15 is 0 Å². The van der Waals surface area contributed by atoms with E-state index in [1.807, 2.05) is 13.8 Å². The van der Waals surface area contributed by atoms with E-state index < -0.39 is 0 Å². The molecule has 0 aliphatic rings. The Hall–Kier alpha value is -0.730. The predicted molar refractivity (Wildman–Crippen MR) is 52.6 cm³/mol. The molecule has 1 N–H and O–H groups in total. The Bertz CT molecular complexity index is 284. The van der Waals surface area contributed by atoms with E-state index in [0.717, 1.165) is 6.61 Å². The highest BCUT2D eigenvalue weighted by Crippen LogP contribution is 2.22. The highest BCUT2D eigenvalue weighted by molar-refractivity contribution is 6.30. The maximum atomic E-state index is 8.78. The van der Waals surface area contributed by atoms with Crippen molar-refractivity contribution in [1.82, 2.24) is 0 Å². The van der Waals surface area contributed by atoms with Crippen molar-refractivity contribution in [2.24, 2.45) is 0 Å². The van der Waals surface area contributed by atoms with E-state index in [-0.39, 0.29) is 6.10 Å². The third-order valence-electron chi connectivity index (χ3n) is 1.41. The Kier molecular flexibility index (Phi) is 3.58. The van der Waals surface area contributed by atoms with Crippen LogP contribution in [0.5, 0.6) is 5.75 Å². The lowest BCUT2D eigenvalue weighted by Crippen LogP contribution is -2.05. The summed E-state index contributed by atoms with van der Waals surface area (Å²) in [4.78, 5) is 0. The van der Waals surface area contributed by atoms with E-state index in [1.54, 1.807) is 18.2 Å². The van der Waals surface area contributed by atoms with Crippen LogP contribution in [0.1, 0.15) is 19.4 Å². The molecule has 1 rings (SSSR count). The third-order valence-corrected chi connectivity index (χ3v) is 1.63. The fourth-order valence-corrected chi connectivity index (χ4v) is 1.23. The lowest BCUT2D eigenvalue weighted by molar-refractivity contribution is 0.242. The van der Waals surface area contributed by atoms with E-state index in [0.29, 0.717) is 16.3 Å². The van der Waals surface area contributed by atoms with Crippen molar-refractivity contribution < 1.29 is 9.84 Å². The summed E-state index contributed by atoms with van der Waals surface area (Å²) in [7, 11) is 0. The van der Waals surface area contributed by atoms with Crippen molar-refractivity contribution in [3.63, 3.8) is 0 Å². The molecule has 0 spiro atoms. The molecule has 2 nitrogen and oxygen atoms in total. The zero-order valence-electron chi connectivity index (χ0n) is 7.62. The number of ether oxygens (including phenoxy) is 1. The fourth-order valence-electron chi connectivity index (χ4n) is 0.999. The maximum absolute atomic E-state index is 8.78. The standard InChI is InChI=1S/C10H12ClO2/c1-7(2)13-10-4-8(6-12)3-9(11)5-10/h3-7,12H,1-2H3. The second-order valence-corrected chi connectivity index (χ2v) is 3.45. The minimum atomic E-state index is 0.102. The molecule has 0 saturated carbocycles. The Morgan fingerprint density at radius 3 is 2.62 bits per heavy atom. The zero-order chi connectivity index (χ0) is 9.84. The fraction of sp³-hybridized carbons (Fsp3) is 0.300. The van der Waals surface area contributed by atoms with Gasteiger partial charge in [0.1, 0.15) is 12.4 Å². The van der Waals surface area contributed by atoms with E-state index in [1.165, 1.54) is 0 Å². The van der Waals surface area contributed by atoms with Gasteiger partial charge in [0.15, 0.2) is 0 Å². The van der Waals surface area contributed by atoms with Crippen molar-refractivity contribution in [2.75, 3.05) is 0 Å². The predicted octanol–water partition coefficient (Wildman–Crippen LogP) is 3.01. The molecule has 0 fully saturated rings. The molecule has 0 atom stereocenters. The van der Waals surface area contributed by atoms with Crippen molar-refractivity contribution in [2.45, 2.75) is 20.0 Å². The summed E-state index contributed by atoms with van der Waals surface area (Å²) < 4.78 is 5.42. The number of aliphatic hydroxyl groups excluding tert-OH is 1. The summed E-state index contributed by atoms with van der Waals surface area (Å²) in [6.45, 7) is 4.87. The lowest BCUT2D eigenvalue weighted by Gasteiger charge is -2.10. The zero-order valence-corrected chi connectivity index (χ0v) is 8.38. The molecule has 3 heteroatoms. The van der Waals surface area contributed by atoms with Crippen LogP contribution in [0.3, 0.4) is 0 Å². The quantitative estimate of drug-likeness (QED) is 0.811. The van der Waals surface area contributed by atoms with Gasteiger partial charge < -0.3 is 9.84 Å². The Labute approximate surface area is 83.1 Å². The van der Waals surface area contributed by atoms with Crippen LogP contribution in [0, 0.1) is 6.61 Å². The highest BCUT2D eigenvalue weighted by Gasteiger charge is 2.01. The number of hydrogen-bond donors (Lipinski definition) is 1. The smallest absolute Gasteiger partial charge is 0.121 e. The topological polar surface area (TPSA) is 29.5 Å². The summed E-state index contributed by atoms with van der Waals surface area (Å²) in [5.41, 5.74) is 0.642. The first-order valence-corrected chi connectivity index (χ1v) is 4.44. The molecule has 0 amide bonds. The van der Waals surface area contributed by atoms with Crippen LogP contribution >= 0.6 is 11.6 Å². The average molecular weight is 200 g/mol. The molecule has 1 aromatic carbocycles. The summed E-state index contributed by atoms with van der Waals surface area (Å²) in [6.07, 6.45) is 0.102. The van der Waals surface area contributed by atoms with Gasteiger partial charge in [0.05, 0.1) is 6.10 Å². The molecule has 0 bridgehead atoms. The summed E-state index contributed by atoms with van der Waals surface area (Å²) in [6, 6.07) is 5.11. The molecule has 0 heterocycles. The maximum Gasteiger partial charge on any atom is 0.121 e. The molecule has 0 aliphatic carbocycles. The second-order valence-electron chi connectivity index (χ2n) is 3.02. The monoisotopic (exact) mass is 199 g/mol. The molecule has 0 saturated heterocycles. The van der Waals surface area contributed by atoms with Gasteiger partial charge in [-0.15, -0.1) is 0 Å². The summed E-state index contributed by atoms with van der Waals surface area (Å²) in [5.74, 6) is 0.669. The van der Waals surface area contributed by atoms with Gasteiger partial charge in [-0.25, -0.2) is 0 Å². The Balaban J connectivity index is 2.88. The Morgan fingerprint density at radius 1 is 1.38 bits per heavy atom. The number of benzene rings is 1. The number of rotatable bonds is 3. The minimum Gasteiger partial charge on any atom is -0.491 e. The van der Waals surface area contributed by atoms with Gasteiger partial charge in [-0.3, -0.25) is 0 Å². The van der Waals surface area contributed by atoms with Crippen LogP contribution in [0.4, 0.5) is 0 Å². The van der Waals surface area contributed by atoms with Gasteiger partial charge in [0, 0.05) is 5.02 Å². The van der Waals surface area contributed by atoms with E-state index in [9.17, 15) is 0 Å². The van der Waals surface area contributed by atoms with Gasteiger partial charge >= 0.3 is 0 Å². The molecule has 71 valence electrons. The second kappa shape index (κ2) is 4.49. The van der Waals surface area contributed by atoms with Crippen LogP contribution in [0.15, 0.2) is 18.2 Å². The van der Waals surface area contributed by atoms with Crippen molar-refractivity contribution in [1.29, 1.82) is 0 Å². The van der Waals surface area contributed by atoms with Crippen molar-refractivity contribution in [3.05, 3.63) is 35.4 Å². The van der Waals surface area contributed by atoms with Crippen LogP contribution in [-0.2, 0) is 0 Å². The van der Waals surface area contributed by atoms with Gasteiger partial charge in [-0.1, -0.05) is 11.6 Å². The van der Waals surface area contributed by atoms with Gasteiger partial charge in [-0.2, -0.15) is 0 Å². The van der Waals surface area contributed by atoms with Crippen molar-refractivity contribution in [3.8, 4) is 5.75 Å². The summed E-state index contributed by atoms with van der Waals surface area (Å²) in [5, 5.41) is 9.34. The molecule has 1 radical (unpaired) electrons. The minimum absolute atomic E-state index is 0.102. The Morgan fingerprint density at radius 2 is 2.08 bits per heavy atom. The lowest BCUT2D eigenvalue weighted by atomic mass is 10.2. The number of hydrogen-bond acceptors (Lipinski definition) is 2. The van der Waals surface area contributed by atoms with Crippen LogP contribution < -0.4 is 4.74 Å². The van der Waals surface area contributed by atoms with Gasteiger partial charge in [0.25, 0.3) is 0 Å². The van der Waals surface area contributed by atoms with Crippen LogP contribution in [0.2, 0.25) is 5.02 Å². The van der Waals surface area contributed by atoms with E-state index in [2.05, 4.69) is 0 Å². The van der Waals surface area contributed by atoms with Crippen LogP contribution in [-0.4, -0.2) is 11.2 Å². The molecule has 13 heavy (non-hydrogen) atoms. The normalized spacial score (nSPS) is 10.5. The van der Waals surface area contributed by atoms with Gasteiger partial charge in [0.2, 0.25) is 0 Å². The number of aliphatic hydroxyl groups is 1. The van der Waals surface area contributed by atoms with E-state index in [4.69, 9.17) is 21.4 Å².